The zero-order chi connectivity index (χ0) is 21.5. The Labute approximate surface area is 173 Å². The number of allylic oxidation sites excluding steroid dienone is 1. The van der Waals surface area contributed by atoms with Gasteiger partial charge in [0.2, 0.25) is 0 Å². The minimum Gasteiger partial charge on any atom is -0.493 e. The molecule has 0 unspecified atom stereocenters. The molecular formula is C22H16N6O2. The molecule has 0 aliphatic carbocycles. The molecule has 1 aromatic heterocycles. The summed E-state index contributed by atoms with van der Waals surface area (Å²) in [5.74, 6) is 0.967. The normalized spacial score (nSPS) is 10.5. The summed E-state index contributed by atoms with van der Waals surface area (Å²) in [5, 5.41) is 32.4. The molecule has 0 spiro atoms. The van der Waals surface area contributed by atoms with Gasteiger partial charge in [-0.1, -0.05) is 24.3 Å². The quantitative estimate of drug-likeness (QED) is 0.632. The molecule has 3 aromatic rings. The first kappa shape index (κ1) is 20.0. The number of nitrogens with two attached hydrogens (primary N) is 1. The molecular weight excluding hydrogens is 380 g/mol. The Morgan fingerprint density at radius 2 is 1.90 bits per heavy atom. The number of benzene rings is 2. The molecule has 8 heteroatoms. The van der Waals surface area contributed by atoms with E-state index in [1.165, 1.54) is 11.8 Å². The van der Waals surface area contributed by atoms with Gasteiger partial charge >= 0.3 is 0 Å². The highest BCUT2D eigenvalue weighted by Crippen LogP contribution is 2.31. The van der Waals surface area contributed by atoms with Crippen molar-refractivity contribution in [3.8, 4) is 35.4 Å². The van der Waals surface area contributed by atoms with Gasteiger partial charge in [0.1, 0.15) is 35.3 Å². The fourth-order valence-electron chi connectivity index (χ4n) is 2.82. The van der Waals surface area contributed by atoms with Crippen LogP contribution in [-0.4, -0.2) is 23.5 Å². The molecule has 0 amide bonds. The van der Waals surface area contributed by atoms with E-state index in [2.05, 4.69) is 11.2 Å². The largest absolute Gasteiger partial charge is 0.493 e. The summed E-state index contributed by atoms with van der Waals surface area (Å²) in [5.41, 5.74) is 7.90. The SMILES string of the molecule is COc1cc(/C=C(\C#N)c2nn(-c3ccccc3)c(N)c2C#N)ccc1OCC#N. The second-order valence-corrected chi connectivity index (χ2v) is 5.99. The van der Waals surface area contributed by atoms with Crippen LogP contribution in [-0.2, 0) is 0 Å². The van der Waals surface area contributed by atoms with Gasteiger partial charge in [-0.2, -0.15) is 20.9 Å². The zero-order valence-corrected chi connectivity index (χ0v) is 16.0. The van der Waals surface area contributed by atoms with E-state index >= 15 is 0 Å². The number of para-hydroxylation sites is 1. The molecule has 8 nitrogen and oxygen atoms in total. The number of hydrogen-bond acceptors (Lipinski definition) is 7. The van der Waals surface area contributed by atoms with E-state index in [9.17, 15) is 10.5 Å². The van der Waals surface area contributed by atoms with Gasteiger partial charge in [0.05, 0.1) is 18.4 Å². The summed E-state index contributed by atoms with van der Waals surface area (Å²) in [6.45, 7) is -0.114. The van der Waals surface area contributed by atoms with Crippen LogP contribution in [0.2, 0.25) is 0 Å². The van der Waals surface area contributed by atoms with Crippen LogP contribution >= 0.6 is 0 Å². The van der Waals surface area contributed by atoms with Gasteiger partial charge in [0, 0.05) is 0 Å². The maximum Gasteiger partial charge on any atom is 0.174 e. The molecule has 0 aliphatic heterocycles. The third kappa shape index (κ3) is 3.91. The number of rotatable bonds is 6. The van der Waals surface area contributed by atoms with Gasteiger partial charge in [-0.3, -0.25) is 0 Å². The molecule has 0 radical (unpaired) electrons. The average Bonchev–Trinajstić information content (AvgIpc) is 3.12. The van der Waals surface area contributed by atoms with E-state index in [1.54, 1.807) is 36.4 Å². The molecule has 0 aliphatic rings. The van der Waals surface area contributed by atoms with Crippen LogP contribution in [0, 0.1) is 34.0 Å². The third-order valence-electron chi connectivity index (χ3n) is 4.20. The first-order valence-electron chi connectivity index (χ1n) is 8.77. The minimum atomic E-state index is -0.114. The third-order valence-corrected chi connectivity index (χ3v) is 4.20. The van der Waals surface area contributed by atoms with Crippen LogP contribution in [0.4, 0.5) is 5.82 Å². The fourth-order valence-corrected chi connectivity index (χ4v) is 2.82. The predicted octanol–water partition coefficient (Wildman–Crippen LogP) is 3.30. The Hall–Kier alpha value is -4.74. The summed E-state index contributed by atoms with van der Waals surface area (Å²) in [6.07, 6.45) is 1.58. The first-order valence-corrected chi connectivity index (χ1v) is 8.77. The van der Waals surface area contributed by atoms with Crippen molar-refractivity contribution in [1.29, 1.82) is 15.8 Å². The molecule has 3 rings (SSSR count). The number of anilines is 1. The number of nitriles is 3. The Morgan fingerprint density at radius 1 is 1.13 bits per heavy atom. The fraction of sp³-hybridized carbons (Fsp3) is 0.0909. The lowest BCUT2D eigenvalue weighted by Gasteiger charge is -2.09. The van der Waals surface area contributed by atoms with Crippen LogP contribution in [0.5, 0.6) is 11.5 Å². The molecule has 0 saturated heterocycles. The van der Waals surface area contributed by atoms with Crippen molar-refractivity contribution < 1.29 is 9.47 Å². The second kappa shape index (κ2) is 8.97. The summed E-state index contributed by atoms with van der Waals surface area (Å²) in [4.78, 5) is 0. The highest BCUT2D eigenvalue weighted by Gasteiger charge is 2.20. The van der Waals surface area contributed by atoms with E-state index < -0.39 is 0 Å². The van der Waals surface area contributed by atoms with Gasteiger partial charge in [-0.15, -0.1) is 0 Å². The van der Waals surface area contributed by atoms with Crippen molar-refractivity contribution in [2.24, 2.45) is 0 Å². The summed E-state index contributed by atoms with van der Waals surface area (Å²) >= 11 is 0. The smallest absolute Gasteiger partial charge is 0.174 e. The van der Waals surface area contributed by atoms with Gasteiger partial charge in [-0.25, -0.2) is 4.68 Å². The maximum absolute atomic E-state index is 9.72. The monoisotopic (exact) mass is 396 g/mol. The van der Waals surface area contributed by atoms with E-state index in [0.717, 1.165) is 0 Å². The number of ether oxygens (including phenoxy) is 2. The molecule has 0 bridgehead atoms. The Balaban J connectivity index is 2.07. The maximum atomic E-state index is 9.72. The van der Waals surface area contributed by atoms with Gasteiger partial charge < -0.3 is 15.2 Å². The van der Waals surface area contributed by atoms with Crippen molar-refractivity contribution in [1.82, 2.24) is 9.78 Å². The first-order chi connectivity index (χ1) is 14.6. The second-order valence-electron chi connectivity index (χ2n) is 5.99. The summed E-state index contributed by atoms with van der Waals surface area (Å²) in [7, 11) is 1.48. The van der Waals surface area contributed by atoms with Crippen LogP contribution in [0.15, 0.2) is 48.5 Å². The predicted molar refractivity (Wildman–Crippen MR) is 110 cm³/mol. The summed E-state index contributed by atoms with van der Waals surface area (Å²) in [6, 6.07) is 20.1. The van der Waals surface area contributed by atoms with Crippen molar-refractivity contribution >= 4 is 17.5 Å². The van der Waals surface area contributed by atoms with Crippen LogP contribution in [0.3, 0.4) is 0 Å². The highest BCUT2D eigenvalue weighted by molar-refractivity contribution is 5.91. The molecule has 0 saturated carbocycles. The van der Waals surface area contributed by atoms with Crippen molar-refractivity contribution in [3.05, 3.63) is 65.4 Å². The van der Waals surface area contributed by atoms with Crippen LogP contribution < -0.4 is 15.2 Å². The van der Waals surface area contributed by atoms with E-state index in [-0.39, 0.29) is 29.3 Å². The van der Waals surface area contributed by atoms with Crippen molar-refractivity contribution in [2.45, 2.75) is 0 Å². The van der Waals surface area contributed by atoms with Gasteiger partial charge in [-0.05, 0) is 35.9 Å². The average molecular weight is 396 g/mol. The molecule has 2 N–H and O–H groups in total. The molecule has 30 heavy (non-hydrogen) atoms. The van der Waals surface area contributed by atoms with Crippen molar-refractivity contribution in [3.63, 3.8) is 0 Å². The van der Waals surface area contributed by atoms with Gasteiger partial charge in [0.25, 0.3) is 0 Å². The van der Waals surface area contributed by atoms with Crippen molar-refractivity contribution in [2.75, 3.05) is 19.5 Å². The Bertz CT molecular complexity index is 1220. The highest BCUT2D eigenvalue weighted by atomic mass is 16.5. The molecule has 0 atom stereocenters. The lowest BCUT2D eigenvalue weighted by Crippen LogP contribution is -2.02. The lowest BCUT2D eigenvalue weighted by atomic mass is 10.1. The van der Waals surface area contributed by atoms with E-state index in [1.807, 2.05) is 30.3 Å². The number of aromatic nitrogens is 2. The number of hydrogen-bond donors (Lipinski definition) is 1. The topological polar surface area (TPSA) is 134 Å². The molecule has 1 heterocycles. The van der Waals surface area contributed by atoms with E-state index in [4.69, 9.17) is 20.5 Å². The minimum absolute atomic E-state index is 0.114. The lowest BCUT2D eigenvalue weighted by molar-refractivity contribution is 0.329. The standard InChI is InChI=1S/C22H16N6O2/c1-29-20-12-15(7-8-19(20)30-10-9-23)11-16(13-24)21-18(14-25)22(26)28(27-21)17-5-3-2-4-6-17/h2-8,11-12H,10,26H2,1H3/b16-11+. The number of nitrogen functional groups attached to an aromatic ring is 1. The molecule has 0 fully saturated rings. The summed E-state index contributed by atoms with van der Waals surface area (Å²) < 4.78 is 12.0. The Morgan fingerprint density at radius 3 is 2.53 bits per heavy atom. The Kier molecular flexibility index (Phi) is 5.98. The molecule has 2 aromatic carbocycles. The zero-order valence-electron chi connectivity index (χ0n) is 16.0. The molecule has 146 valence electrons. The van der Waals surface area contributed by atoms with Crippen LogP contribution in [0.1, 0.15) is 16.8 Å². The van der Waals surface area contributed by atoms with Gasteiger partial charge in [0.15, 0.2) is 18.1 Å². The van der Waals surface area contributed by atoms with Crippen LogP contribution in [0.25, 0.3) is 17.3 Å². The number of methoxy groups -OCH3 is 1. The number of nitrogens with zero attached hydrogens (tertiary/aromatic N) is 5. The van der Waals surface area contributed by atoms with E-state index in [0.29, 0.717) is 22.7 Å².